The van der Waals surface area contributed by atoms with Crippen molar-refractivity contribution < 1.29 is 19.1 Å². The lowest BCUT2D eigenvalue weighted by Crippen LogP contribution is -2.40. The molecule has 0 spiro atoms. The molecule has 2 saturated heterocycles. The number of nitrogens with zero attached hydrogens (tertiary/aromatic N) is 2. The van der Waals surface area contributed by atoms with Crippen LogP contribution in [-0.4, -0.2) is 59.5 Å². The molecule has 0 bridgehead atoms. The molecule has 4 rings (SSSR count). The molecule has 6 nitrogen and oxygen atoms in total. The van der Waals surface area contributed by atoms with Crippen LogP contribution in [0.4, 0.5) is 0 Å². The first-order chi connectivity index (χ1) is 11.7. The third-order valence-corrected chi connectivity index (χ3v) is 5.62. The van der Waals surface area contributed by atoms with Crippen LogP contribution in [0.1, 0.15) is 24.4 Å². The Labute approximate surface area is 145 Å². The van der Waals surface area contributed by atoms with Crippen LogP contribution in [0.5, 0.6) is 11.5 Å². The average Bonchev–Trinajstić information content (AvgIpc) is 3.24. The lowest BCUT2D eigenvalue weighted by Gasteiger charge is -2.28. The number of ether oxygens (including phenoxy) is 2. The highest BCUT2D eigenvalue weighted by atomic mass is 32.2. The largest absolute Gasteiger partial charge is 0.486 e. The third kappa shape index (κ3) is 2.92. The molecule has 1 unspecified atom stereocenters. The van der Waals surface area contributed by atoms with E-state index in [1.807, 2.05) is 23.1 Å². The van der Waals surface area contributed by atoms with E-state index >= 15 is 0 Å². The van der Waals surface area contributed by atoms with Gasteiger partial charge in [-0.2, -0.15) is 0 Å². The molecule has 0 aliphatic carbocycles. The molecule has 24 heavy (non-hydrogen) atoms. The number of thioether (sulfide) groups is 1. The van der Waals surface area contributed by atoms with Gasteiger partial charge in [-0.3, -0.25) is 9.59 Å². The zero-order chi connectivity index (χ0) is 16.5. The number of hydrogen-bond donors (Lipinski definition) is 0. The summed E-state index contributed by atoms with van der Waals surface area (Å²) in [6.45, 7) is 2.06. The lowest BCUT2D eigenvalue weighted by molar-refractivity contribution is -0.138. The summed E-state index contributed by atoms with van der Waals surface area (Å²) in [5, 5.41) is 0. The molecule has 3 aliphatic rings. The summed E-state index contributed by atoms with van der Waals surface area (Å²) in [4.78, 5) is 28.0. The van der Waals surface area contributed by atoms with Gasteiger partial charge in [0.05, 0.1) is 17.7 Å². The van der Waals surface area contributed by atoms with E-state index in [1.165, 1.54) is 0 Å². The summed E-state index contributed by atoms with van der Waals surface area (Å²) in [7, 11) is 0. The fraction of sp³-hybridized carbons (Fsp3) is 0.529. The highest BCUT2D eigenvalue weighted by Gasteiger charge is 2.33. The fourth-order valence-corrected chi connectivity index (χ4v) is 4.38. The van der Waals surface area contributed by atoms with Crippen LogP contribution in [-0.2, 0) is 9.59 Å². The van der Waals surface area contributed by atoms with E-state index in [2.05, 4.69) is 0 Å². The van der Waals surface area contributed by atoms with Crippen LogP contribution in [0.3, 0.4) is 0 Å². The summed E-state index contributed by atoms with van der Waals surface area (Å²) in [5.41, 5.74) is 1.08. The Bertz CT molecular complexity index is 666. The van der Waals surface area contributed by atoms with Crippen LogP contribution in [0.2, 0.25) is 0 Å². The second kappa shape index (κ2) is 6.55. The van der Waals surface area contributed by atoms with Crippen LogP contribution < -0.4 is 9.47 Å². The molecular weight excluding hydrogens is 328 g/mol. The van der Waals surface area contributed by atoms with Crippen molar-refractivity contribution in [2.24, 2.45) is 0 Å². The molecule has 7 heteroatoms. The van der Waals surface area contributed by atoms with Gasteiger partial charge in [-0.15, -0.1) is 11.8 Å². The smallest absolute Gasteiger partial charge is 0.242 e. The van der Waals surface area contributed by atoms with E-state index in [-0.39, 0.29) is 24.4 Å². The first-order valence-corrected chi connectivity index (χ1v) is 9.42. The standard InChI is InChI=1S/C17H20N2O4S/c20-16(9-18-11-24-10-17(18)21)19-5-1-2-13(19)12-3-4-14-15(8-12)23-7-6-22-14/h3-4,8,13H,1-2,5-7,9-11H2. The molecule has 1 aromatic carbocycles. The molecule has 0 N–H and O–H groups in total. The van der Waals surface area contributed by atoms with E-state index in [0.29, 0.717) is 24.8 Å². The Morgan fingerprint density at radius 3 is 2.88 bits per heavy atom. The van der Waals surface area contributed by atoms with Crippen LogP contribution >= 0.6 is 11.8 Å². The molecule has 0 saturated carbocycles. The van der Waals surface area contributed by atoms with Crippen molar-refractivity contribution in [3.8, 4) is 11.5 Å². The highest BCUT2D eigenvalue weighted by molar-refractivity contribution is 8.00. The average molecular weight is 348 g/mol. The second-order valence-corrected chi connectivity index (χ2v) is 7.17. The molecule has 3 heterocycles. The number of carbonyl (C=O) groups excluding carboxylic acids is 2. The van der Waals surface area contributed by atoms with Crippen molar-refractivity contribution in [2.45, 2.75) is 18.9 Å². The molecule has 1 aromatic rings. The number of amides is 2. The van der Waals surface area contributed by atoms with E-state index < -0.39 is 0 Å². The molecule has 2 fully saturated rings. The van der Waals surface area contributed by atoms with Gasteiger partial charge < -0.3 is 19.3 Å². The van der Waals surface area contributed by atoms with Gasteiger partial charge in [-0.25, -0.2) is 0 Å². The van der Waals surface area contributed by atoms with Crippen LogP contribution in [0.15, 0.2) is 18.2 Å². The van der Waals surface area contributed by atoms with Gasteiger partial charge >= 0.3 is 0 Å². The molecule has 3 aliphatic heterocycles. The van der Waals surface area contributed by atoms with Crippen LogP contribution in [0, 0.1) is 0 Å². The maximum atomic E-state index is 12.7. The Morgan fingerprint density at radius 1 is 1.25 bits per heavy atom. The topological polar surface area (TPSA) is 59.1 Å². The Kier molecular flexibility index (Phi) is 4.26. The fourth-order valence-electron chi connectivity index (χ4n) is 3.47. The summed E-state index contributed by atoms with van der Waals surface area (Å²) in [6, 6.07) is 5.98. The zero-order valence-corrected chi connectivity index (χ0v) is 14.2. The summed E-state index contributed by atoms with van der Waals surface area (Å²) in [5.74, 6) is 2.71. The SMILES string of the molecule is O=C1CSCN1CC(=O)N1CCCC1c1ccc2c(c1)OCCO2. The van der Waals surface area contributed by atoms with Gasteiger partial charge in [0, 0.05) is 6.54 Å². The van der Waals surface area contributed by atoms with Crippen molar-refractivity contribution in [3.63, 3.8) is 0 Å². The first kappa shape index (κ1) is 15.6. The molecular formula is C17H20N2O4S. The van der Waals surface area contributed by atoms with Gasteiger partial charge in [0.2, 0.25) is 11.8 Å². The quantitative estimate of drug-likeness (QED) is 0.831. The number of benzene rings is 1. The Hall–Kier alpha value is -1.89. The van der Waals surface area contributed by atoms with Crippen molar-refractivity contribution in [3.05, 3.63) is 23.8 Å². The highest BCUT2D eigenvalue weighted by Crippen LogP contribution is 2.38. The van der Waals surface area contributed by atoms with Gasteiger partial charge in [-0.1, -0.05) is 6.07 Å². The predicted molar refractivity (Wildman–Crippen MR) is 90.2 cm³/mol. The van der Waals surface area contributed by atoms with Crippen molar-refractivity contribution in [2.75, 3.05) is 37.9 Å². The second-order valence-electron chi connectivity index (χ2n) is 6.22. The molecule has 1 atom stereocenters. The third-order valence-electron chi connectivity index (χ3n) is 4.68. The van der Waals surface area contributed by atoms with Crippen LogP contribution in [0.25, 0.3) is 0 Å². The Morgan fingerprint density at radius 2 is 2.08 bits per heavy atom. The summed E-state index contributed by atoms with van der Waals surface area (Å²) >= 11 is 1.56. The van der Waals surface area contributed by atoms with Crippen molar-refractivity contribution >= 4 is 23.6 Å². The number of likely N-dealkylation sites (tertiary alicyclic amines) is 1. The minimum absolute atomic E-state index is 0.0308. The molecule has 128 valence electrons. The minimum Gasteiger partial charge on any atom is -0.486 e. The number of carbonyl (C=O) groups is 2. The molecule has 2 amide bonds. The van der Waals surface area contributed by atoms with Gasteiger partial charge in [0.25, 0.3) is 0 Å². The summed E-state index contributed by atoms with van der Waals surface area (Å²) < 4.78 is 11.2. The van der Waals surface area contributed by atoms with Crippen molar-refractivity contribution in [1.29, 1.82) is 0 Å². The summed E-state index contributed by atoms with van der Waals surface area (Å²) in [6.07, 6.45) is 1.92. The van der Waals surface area contributed by atoms with Gasteiger partial charge in [0.1, 0.15) is 19.8 Å². The number of fused-ring (bicyclic) bond motifs is 1. The number of hydrogen-bond acceptors (Lipinski definition) is 5. The normalized spacial score (nSPS) is 23.0. The number of rotatable bonds is 3. The van der Waals surface area contributed by atoms with Crippen molar-refractivity contribution in [1.82, 2.24) is 9.80 Å². The van der Waals surface area contributed by atoms with E-state index in [4.69, 9.17) is 9.47 Å². The molecule has 0 aromatic heterocycles. The zero-order valence-electron chi connectivity index (χ0n) is 13.4. The Balaban J connectivity index is 1.50. The van der Waals surface area contributed by atoms with E-state index in [1.54, 1.807) is 16.7 Å². The maximum Gasteiger partial charge on any atom is 0.242 e. The maximum absolute atomic E-state index is 12.7. The van der Waals surface area contributed by atoms with Gasteiger partial charge in [0.15, 0.2) is 11.5 Å². The minimum atomic E-state index is 0.0308. The van der Waals surface area contributed by atoms with E-state index in [9.17, 15) is 9.59 Å². The van der Waals surface area contributed by atoms with Gasteiger partial charge in [-0.05, 0) is 30.5 Å². The predicted octanol–water partition coefficient (Wildman–Crippen LogP) is 1.65. The monoisotopic (exact) mass is 348 g/mol. The lowest BCUT2D eigenvalue weighted by atomic mass is 10.0. The molecule has 0 radical (unpaired) electrons. The first-order valence-electron chi connectivity index (χ1n) is 8.27. The van der Waals surface area contributed by atoms with E-state index in [0.717, 1.165) is 36.4 Å².